The number of nitrogens with zero attached hydrogens (tertiary/aromatic N) is 4. The van der Waals surface area contributed by atoms with E-state index >= 15 is 0 Å². The zero-order valence-corrected chi connectivity index (χ0v) is 14.4. The highest BCUT2D eigenvalue weighted by atomic mass is 16.7. The number of hydrogen-bond donors (Lipinski definition) is 1. The summed E-state index contributed by atoms with van der Waals surface area (Å²) in [6.45, 7) is 5.19. The van der Waals surface area contributed by atoms with E-state index in [1.54, 1.807) is 6.20 Å². The van der Waals surface area contributed by atoms with Crippen LogP contribution >= 0.6 is 0 Å². The minimum Gasteiger partial charge on any atom is -0.355 e. The molecule has 2 aromatic rings. The zero-order valence-electron chi connectivity index (χ0n) is 14.4. The van der Waals surface area contributed by atoms with Crippen molar-refractivity contribution in [1.82, 2.24) is 15.2 Å². The van der Waals surface area contributed by atoms with Gasteiger partial charge in [0.05, 0.1) is 19.4 Å². The summed E-state index contributed by atoms with van der Waals surface area (Å²) in [7, 11) is 0. The van der Waals surface area contributed by atoms with E-state index in [0.717, 1.165) is 43.9 Å². The number of aromatic nitrogens is 3. The van der Waals surface area contributed by atoms with Crippen molar-refractivity contribution in [3.63, 3.8) is 0 Å². The van der Waals surface area contributed by atoms with Gasteiger partial charge in [0.1, 0.15) is 0 Å². The van der Waals surface area contributed by atoms with Crippen molar-refractivity contribution in [3.05, 3.63) is 36.0 Å². The summed E-state index contributed by atoms with van der Waals surface area (Å²) in [5, 5.41) is 11.5. The van der Waals surface area contributed by atoms with Crippen molar-refractivity contribution in [2.75, 3.05) is 36.5 Å². The standard InChI is InChI=1S/C18H23N5O2/c1-2-14-5-3-4-6-15(14)20-17-21-16(13-19-22-17)23-9-7-18(8-10-23)24-11-12-25-18/h3-6,13H,2,7-12H2,1H3,(H,20,21,22). The summed E-state index contributed by atoms with van der Waals surface area (Å²) >= 11 is 0. The van der Waals surface area contributed by atoms with E-state index in [-0.39, 0.29) is 5.79 Å². The van der Waals surface area contributed by atoms with Gasteiger partial charge in [0.25, 0.3) is 0 Å². The van der Waals surface area contributed by atoms with Crippen molar-refractivity contribution in [2.45, 2.75) is 32.0 Å². The summed E-state index contributed by atoms with van der Waals surface area (Å²) in [6.07, 6.45) is 4.35. The summed E-state index contributed by atoms with van der Waals surface area (Å²) in [5.74, 6) is 0.976. The van der Waals surface area contributed by atoms with Crippen molar-refractivity contribution in [2.24, 2.45) is 0 Å². The summed E-state index contributed by atoms with van der Waals surface area (Å²) < 4.78 is 11.6. The van der Waals surface area contributed by atoms with Crippen LogP contribution in [0.5, 0.6) is 0 Å². The predicted molar refractivity (Wildman–Crippen MR) is 95.0 cm³/mol. The van der Waals surface area contributed by atoms with E-state index in [1.807, 2.05) is 18.2 Å². The minimum atomic E-state index is -0.377. The fourth-order valence-corrected chi connectivity index (χ4v) is 3.43. The van der Waals surface area contributed by atoms with Gasteiger partial charge < -0.3 is 19.7 Å². The Bertz CT molecular complexity index is 723. The van der Waals surface area contributed by atoms with Gasteiger partial charge in [-0.05, 0) is 18.1 Å². The Morgan fingerprint density at radius 1 is 1.16 bits per heavy atom. The summed E-state index contributed by atoms with van der Waals surface area (Å²) in [5.41, 5.74) is 2.25. The van der Waals surface area contributed by atoms with E-state index in [2.05, 4.69) is 38.4 Å². The second-order valence-electron chi connectivity index (χ2n) is 6.37. The molecule has 1 spiro atoms. The first-order chi connectivity index (χ1) is 12.3. The SMILES string of the molecule is CCc1ccccc1Nc1nncc(N2CCC3(CC2)OCCO3)n1. The third-order valence-electron chi connectivity index (χ3n) is 4.85. The van der Waals surface area contributed by atoms with Gasteiger partial charge in [0, 0.05) is 31.6 Å². The van der Waals surface area contributed by atoms with Crippen LogP contribution in [0.3, 0.4) is 0 Å². The van der Waals surface area contributed by atoms with Gasteiger partial charge in [0.2, 0.25) is 5.95 Å². The third kappa shape index (κ3) is 3.43. The first-order valence-corrected chi connectivity index (χ1v) is 8.85. The number of aryl methyl sites for hydroxylation is 1. The topological polar surface area (TPSA) is 72.4 Å². The van der Waals surface area contributed by atoms with Gasteiger partial charge in [-0.1, -0.05) is 25.1 Å². The molecule has 0 aliphatic carbocycles. The van der Waals surface area contributed by atoms with Crippen LogP contribution in [0, 0.1) is 0 Å². The molecule has 1 N–H and O–H groups in total. The molecule has 0 bridgehead atoms. The first kappa shape index (κ1) is 16.2. The highest BCUT2D eigenvalue weighted by molar-refractivity contribution is 5.59. The lowest BCUT2D eigenvalue weighted by molar-refractivity contribution is -0.169. The van der Waals surface area contributed by atoms with Crippen LogP contribution in [0.2, 0.25) is 0 Å². The molecule has 0 radical (unpaired) electrons. The molecule has 7 heteroatoms. The molecule has 3 heterocycles. The third-order valence-corrected chi connectivity index (χ3v) is 4.85. The van der Waals surface area contributed by atoms with E-state index in [4.69, 9.17) is 9.47 Å². The molecule has 4 rings (SSSR count). The molecule has 2 saturated heterocycles. The Morgan fingerprint density at radius 3 is 2.68 bits per heavy atom. The molecule has 2 fully saturated rings. The van der Waals surface area contributed by atoms with E-state index in [1.165, 1.54) is 5.56 Å². The Balaban J connectivity index is 1.46. The van der Waals surface area contributed by atoms with Crippen LogP contribution in [-0.2, 0) is 15.9 Å². The van der Waals surface area contributed by atoms with Crippen LogP contribution in [-0.4, -0.2) is 47.3 Å². The molecule has 0 atom stereocenters. The maximum absolute atomic E-state index is 5.78. The summed E-state index contributed by atoms with van der Waals surface area (Å²) in [4.78, 5) is 6.85. The zero-order chi connectivity index (χ0) is 17.1. The van der Waals surface area contributed by atoms with Crippen molar-refractivity contribution in [3.8, 4) is 0 Å². The fraction of sp³-hybridized carbons (Fsp3) is 0.500. The molecule has 1 aromatic carbocycles. The molecule has 0 unspecified atom stereocenters. The van der Waals surface area contributed by atoms with Gasteiger partial charge >= 0.3 is 0 Å². The lowest BCUT2D eigenvalue weighted by atomic mass is 10.0. The molecule has 1 aromatic heterocycles. The van der Waals surface area contributed by atoms with Crippen molar-refractivity contribution in [1.29, 1.82) is 0 Å². The van der Waals surface area contributed by atoms with E-state index in [0.29, 0.717) is 19.2 Å². The molecular formula is C18H23N5O2. The van der Waals surface area contributed by atoms with E-state index in [9.17, 15) is 0 Å². The highest BCUT2D eigenvalue weighted by Crippen LogP contribution is 2.32. The molecule has 0 amide bonds. The molecule has 2 aliphatic rings. The Hall–Kier alpha value is -2.25. The van der Waals surface area contributed by atoms with Crippen LogP contribution < -0.4 is 10.2 Å². The Morgan fingerprint density at radius 2 is 1.92 bits per heavy atom. The number of benzene rings is 1. The summed E-state index contributed by atoms with van der Waals surface area (Å²) in [6, 6.07) is 8.18. The molecule has 7 nitrogen and oxygen atoms in total. The van der Waals surface area contributed by atoms with Crippen LogP contribution in [0.25, 0.3) is 0 Å². The van der Waals surface area contributed by atoms with Crippen molar-refractivity contribution >= 4 is 17.5 Å². The van der Waals surface area contributed by atoms with Gasteiger partial charge in [-0.3, -0.25) is 0 Å². The average molecular weight is 341 g/mol. The number of piperidine rings is 1. The fourth-order valence-electron chi connectivity index (χ4n) is 3.43. The Kier molecular flexibility index (Phi) is 4.50. The molecule has 0 saturated carbocycles. The number of nitrogens with one attached hydrogen (secondary N) is 1. The highest BCUT2D eigenvalue weighted by Gasteiger charge is 2.40. The lowest BCUT2D eigenvalue weighted by Gasteiger charge is -2.37. The predicted octanol–water partition coefficient (Wildman–Crippen LogP) is 2.52. The van der Waals surface area contributed by atoms with Crippen LogP contribution in [0.4, 0.5) is 17.5 Å². The second-order valence-corrected chi connectivity index (χ2v) is 6.37. The lowest BCUT2D eigenvalue weighted by Crippen LogP contribution is -2.45. The normalized spacial score (nSPS) is 19.3. The van der Waals surface area contributed by atoms with Crippen LogP contribution in [0.1, 0.15) is 25.3 Å². The number of rotatable bonds is 4. The monoisotopic (exact) mass is 341 g/mol. The number of ether oxygens (including phenoxy) is 2. The van der Waals surface area contributed by atoms with E-state index < -0.39 is 0 Å². The first-order valence-electron chi connectivity index (χ1n) is 8.85. The largest absolute Gasteiger partial charge is 0.355 e. The molecule has 2 aliphatic heterocycles. The maximum Gasteiger partial charge on any atom is 0.249 e. The molecule has 132 valence electrons. The van der Waals surface area contributed by atoms with Gasteiger partial charge in [-0.25, -0.2) is 0 Å². The molecular weight excluding hydrogens is 318 g/mol. The number of para-hydroxylation sites is 1. The second kappa shape index (κ2) is 6.93. The number of hydrogen-bond acceptors (Lipinski definition) is 7. The smallest absolute Gasteiger partial charge is 0.249 e. The van der Waals surface area contributed by atoms with Gasteiger partial charge in [-0.2, -0.15) is 10.1 Å². The molecule has 25 heavy (non-hydrogen) atoms. The van der Waals surface area contributed by atoms with Gasteiger partial charge in [0.15, 0.2) is 11.6 Å². The number of anilines is 3. The van der Waals surface area contributed by atoms with Gasteiger partial charge in [-0.15, -0.1) is 5.10 Å². The maximum atomic E-state index is 5.78. The quantitative estimate of drug-likeness (QED) is 0.916. The average Bonchev–Trinajstić information content (AvgIpc) is 3.11. The van der Waals surface area contributed by atoms with Crippen molar-refractivity contribution < 1.29 is 9.47 Å². The Labute approximate surface area is 147 Å². The minimum absolute atomic E-state index is 0.377. The van der Waals surface area contributed by atoms with Crippen LogP contribution in [0.15, 0.2) is 30.5 Å².